The molecule has 30 heavy (non-hydrogen) atoms. The molecule has 0 bridgehead atoms. The largest absolute Gasteiger partial charge is 0.454 e. The van der Waals surface area contributed by atoms with Crippen LogP contribution in [0.3, 0.4) is 0 Å². The molecule has 0 atom stereocenters. The predicted octanol–water partition coefficient (Wildman–Crippen LogP) is 3.49. The fourth-order valence-electron chi connectivity index (χ4n) is 3.35. The molecule has 0 saturated heterocycles. The van der Waals surface area contributed by atoms with E-state index in [1.807, 2.05) is 6.92 Å². The van der Waals surface area contributed by atoms with E-state index in [4.69, 9.17) is 16.3 Å². The smallest absolute Gasteiger partial charge is 0.327 e. The van der Waals surface area contributed by atoms with Crippen LogP contribution in [-0.4, -0.2) is 33.4 Å². The monoisotopic (exact) mass is 444 g/mol. The molecule has 9 heteroatoms. The summed E-state index contributed by atoms with van der Waals surface area (Å²) in [4.78, 5) is 24.5. The quantitative estimate of drug-likeness (QED) is 0.608. The van der Waals surface area contributed by atoms with Gasteiger partial charge in [0.05, 0.1) is 21.3 Å². The standard InChI is InChI=1S/C21H17ClN2O5S/c1-13-8-9-16(15(22)10-13)23-19(25)12-29-20(26)11-24-17-6-2-4-14-5-3-7-18(21(14)17)30(24,27)28/h2-10H,11-12H2,1H3,(H,23,25). The number of nitrogens with zero attached hydrogens (tertiary/aromatic N) is 1. The van der Waals surface area contributed by atoms with E-state index in [1.165, 1.54) is 6.07 Å². The van der Waals surface area contributed by atoms with Gasteiger partial charge in [-0.25, -0.2) is 8.42 Å². The number of aryl methyl sites for hydroxylation is 1. The number of amides is 1. The lowest BCUT2D eigenvalue weighted by atomic mass is 10.1. The third-order valence-electron chi connectivity index (χ3n) is 4.72. The maximum atomic E-state index is 12.9. The molecule has 0 aromatic heterocycles. The van der Waals surface area contributed by atoms with Crippen molar-refractivity contribution in [1.29, 1.82) is 0 Å². The zero-order valence-corrected chi connectivity index (χ0v) is 17.5. The van der Waals surface area contributed by atoms with E-state index < -0.39 is 35.1 Å². The van der Waals surface area contributed by atoms with Gasteiger partial charge in [0.15, 0.2) is 6.61 Å². The minimum atomic E-state index is -3.88. The Bertz CT molecular complexity index is 1280. The summed E-state index contributed by atoms with van der Waals surface area (Å²) in [5.74, 6) is -1.42. The van der Waals surface area contributed by atoms with Gasteiger partial charge in [-0.2, -0.15) is 0 Å². The summed E-state index contributed by atoms with van der Waals surface area (Å²) in [7, 11) is -3.88. The van der Waals surface area contributed by atoms with Crippen LogP contribution in [0.15, 0.2) is 59.5 Å². The highest BCUT2D eigenvalue weighted by molar-refractivity contribution is 7.93. The molecular weight excluding hydrogens is 428 g/mol. The van der Waals surface area contributed by atoms with E-state index >= 15 is 0 Å². The number of halogens is 1. The van der Waals surface area contributed by atoms with E-state index in [9.17, 15) is 18.0 Å². The van der Waals surface area contributed by atoms with Crippen LogP contribution >= 0.6 is 11.6 Å². The SMILES string of the molecule is Cc1ccc(NC(=O)COC(=O)CN2c3cccc4cccc(c34)S2(=O)=O)c(Cl)c1. The first-order chi connectivity index (χ1) is 14.3. The summed E-state index contributed by atoms with van der Waals surface area (Å²) in [6.07, 6.45) is 0. The molecule has 0 saturated carbocycles. The minimum absolute atomic E-state index is 0.148. The number of nitrogens with one attached hydrogen (secondary N) is 1. The average Bonchev–Trinajstić information content (AvgIpc) is 2.92. The van der Waals surface area contributed by atoms with E-state index in [1.54, 1.807) is 48.5 Å². The number of carbonyl (C=O) groups excluding carboxylic acids is 2. The number of esters is 1. The summed E-state index contributed by atoms with van der Waals surface area (Å²) in [6.45, 7) is 0.771. The molecule has 0 aliphatic carbocycles. The van der Waals surface area contributed by atoms with Crippen molar-refractivity contribution in [3.8, 4) is 0 Å². The Kier molecular flexibility index (Phi) is 5.13. The first kappa shape index (κ1) is 20.2. The van der Waals surface area contributed by atoms with Gasteiger partial charge in [0.25, 0.3) is 15.9 Å². The normalized spacial score (nSPS) is 14.0. The van der Waals surface area contributed by atoms with Crippen molar-refractivity contribution in [3.63, 3.8) is 0 Å². The van der Waals surface area contributed by atoms with Crippen LogP contribution in [0.25, 0.3) is 10.8 Å². The molecule has 1 heterocycles. The van der Waals surface area contributed by atoms with E-state index in [0.717, 1.165) is 15.3 Å². The molecule has 3 aromatic carbocycles. The van der Waals surface area contributed by atoms with Gasteiger partial charge in [-0.3, -0.25) is 13.9 Å². The summed E-state index contributed by atoms with van der Waals surface area (Å²) in [5, 5.41) is 4.25. The second-order valence-electron chi connectivity index (χ2n) is 6.84. The maximum Gasteiger partial charge on any atom is 0.327 e. The average molecular weight is 445 g/mol. The lowest BCUT2D eigenvalue weighted by Crippen LogP contribution is -2.34. The Hall–Kier alpha value is -3.10. The van der Waals surface area contributed by atoms with Gasteiger partial charge < -0.3 is 10.1 Å². The summed E-state index contributed by atoms with van der Waals surface area (Å²) in [5.41, 5.74) is 1.75. The summed E-state index contributed by atoms with van der Waals surface area (Å²) in [6, 6.07) is 15.2. The molecule has 1 aliphatic rings. The van der Waals surface area contributed by atoms with Gasteiger partial charge in [0, 0.05) is 5.39 Å². The fraction of sp³-hybridized carbons (Fsp3) is 0.143. The van der Waals surface area contributed by atoms with Crippen LogP contribution in [0.1, 0.15) is 5.56 Å². The number of benzene rings is 3. The topological polar surface area (TPSA) is 92.8 Å². The molecule has 4 rings (SSSR count). The van der Waals surface area contributed by atoms with Gasteiger partial charge in [0.1, 0.15) is 6.54 Å². The first-order valence-corrected chi connectivity index (χ1v) is 10.9. The number of ether oxygens (including phenoxy) is 1. The van der Waals surface area contributed by atoms with Crippen LogP contribution < -0.4 is 9.62 Å². The third-order valence-corrected chi connectivity index (χ3v) is 6.83. The summed E-state index contributed by atoms with van der Waals surface area (Å²) < 4.78 is 31.7. The molecular formula is C21H17ClN2O5S. The van der Waals surface area contributed by atoms with Crippen molar-refractivity contribution in [2.75, 3.05) is 22.8 Å². The van der Waals surface area contributed by atoms with Crippen molar-refractivity contribution < 1.29 is 22.7 Å². The number of carbonyl (C=O) groups is 2. The van der Waals surface area contributed by atoms with Crippen LogP contribution in [0.2, 0.25) is 5.02 Å². The van der Waals surface area contributed by atoms with Gasteiger partial charge in [-0.05, 0) is 42.1 Å². The zero-order chi connectivity index (χ0) is 21.5. The first-order valence-electron chi connectivity index (χ1n) is 9.03. The van der Waals surface area contributed by atoms with Gasteiger partial charge >= 0.3 is 5.97 Å². The lowest BCUT2D eigenvalue weighted by Gasteiger charge is -2.17. The van der Waals surface area contributed by atoms with Crippen LogP contribution in [-0.2, 0) is 24.3 Å². The van der Waals surface area contributed by atoms with Crippen LogP contribution in [0.4, 0.5) is 11.4 Å². The molecule has 1 aliphatic heterocycles. The lowest BCUT2D eigenvalue weighted by molar-refractivity contribution is -0.145. The number of sulfonamides is 1. The molecule has 0 spiro atoms. The fourth-order valence-corrected chi connectivity index (χ4v) is 5.28. The molecule has 0 unspecified atom stereocenters. The highest BCUT2D eigenvalue weighted by Gasteiger charge is 2.37. The van der Waals surface area contributed by atoms with Crippen molar-refractivity contribution in [2.24, 2.45) is 0 Å². The minimum Gasteiger partial charge on any atom is -0.454 e. The second-order valence-corrected chi connectivity index (χ2v) is 9.07. The Labute approximate surface area is 178 Å². The zero-order valence-electron chi connectivity index (χ0n) is 15.9. The molecule has 1 amide bonds. The molecule has 7 nitrogen and oxygen atoms in total. The van der Waals surface area contributed by atoms with Crippen LogP contribution in [0.5, 0.6) is 0 Å². The van der Waals surface area contributed by atoms with Crippen LogP contribution in [0, 0.1) is 6.92 Å². The molecule has 0 radical (unpaired) electrons. The molecule has 1 N–H and O–H groups in total. The highest BCUT2D eigenvalue weighted by Crippen LogP contribution is 2.41. The van der Waals surface area contributed by atoms with Crippen molar-refractivity contribution in [3.05, 3.63) is 65.2 Å². The molecule has 154 valence electrons. The molecule has 0 fully saturated rings. The Balaban J connectivity index is 1.43. The Morgan fingerprint density at radius 3 is 2.57 bits per heavy atom. The number of hydrogen-bond acceptors (Lipinski definition) is 5. The van der Waals surface area contributed by atoms with E-state index in [-0.39, 0.29) is 4.90 Å². The maximum absolute atomic E-state index is 12.9. The predicted molar refractivity (Wildman–Crippen MR) is 114 cm³/mol. The Morgan fingerprint density at radius 2 is 1.83 bits per heavy atom. The van der Waals surface area contributed by atoms with Crippen molar-refractivity contribution in [2.45, 2.75) is 11.8 Å². The molecule has 3 aromatic rings. The number of hydrogen-bond donors (Lipinski definition) is 1. The summed E-state index contributed by atoms with van der Waals surface area (Å²) >= 11 is 6.07. The highest BCUT2D eigenvalue weighted by atomic mass is 35.5. The Morgan fingerprint density at radius 1 is 1.10 bits per heavy atom. The van der Waals surface area contributed by atoms with Gasteiger partial charge in [-0.1, -0.05) is 41.9 Å². The van der Waals surface area contributed by atoms with E-state index in [2.05, 4.69) is 5.32 Å². The van der Waals surface area contributed by atoms with Gasteiger partial charge in [0.2, 0.25) is 0 Å². The number of anilines is 2. The van der Waals surface area contributed by atoms with Crippen molar-refractivity contribution >= 4 is 55.6 Å². The second kappa shape index (κ2) is 7.62. The number of rotatable bonds is 5. The van der Waals surface area contributed by atoms with Crippen molar-refractivity contribution in [1.82, 2.24) is 0 Å². The third kappa shape index (κ3) is 3.59. The van der Waals surface area contributed by atoms with Gasteiger partial charge in [-0.15, -0.1) is 0 Å². The van der Waals surface area contributed by atoms with E-state index in [0.29, 0.717) is 21.8 Å².